The van der Waals surface area contributed by atoms with E-state index in [0.717, 1.165) is 6.54 Å². The van der Waals surface area contributed by atoms with Gasteiger partial charge in [0.2, 0.25) is 5.91 Å². The van der Waals surface area contributed by atoms with E-state index >= 15 is 0 Å². The van der Waals surface area contributed by atoms with Crippen LogP contribution in [0.15, 0.2) is 0 Å². The fourth-order valence-electron chi connectivity index (χ4n) is 1.51. The number of nitrogens with zero attached hydrogens (tertiary/aromatic N) is 1. The normalized spacial score (nSPS) is 21.1. The Labute approximate surface area is 98.4 Å². The van der Waals surface area contributed by atoms with Crippen molar-refractivity contribution in [2.45, 2.75) is 32.2 Å². The summed E-state index contributed by atoms with van der Waals surface area (Å²) in [6, 6.07) is 0.521. The molecule has 0 bridgehead atoms. The van der Waals surface area contributed by atoms with Crippen molar-refractivity contribution < 1.29 is 4.79 Å². The first-order chi connectivity index (χ1) is 5.74. The van der Waals surface area contributed by atoms with E-state index in [-0.39, 0.29) is 30.7 Å². The van der Waals surface area contributed by atoms with Crippen molar-refractivity contribution in [2.75, 3.05) is 20.1 Å². The minimum Gasteiger partial charge on any atom is -0.343 e. The van der Waals surface area contributed by atoms with Gasteiger partial charge in [-0.05, 0) is 6.42 Å². The minimum absolute atomic E-state index is 0. The number of carbonyl (C=O) groups is 1. The molecule has 1 fully saturated rings. The van der Waals surface area contributed by atoms with Gasteiger partial charge in [0.1, 0.15) is 0 Å². The number of halogens is 2. The Morgan fingerprint density at radius 2 is 2.14 bits per heavy atom. The van der Waals surface area contributed by atoms with Crippen molar-refractivity contribution in [3.8, 4) is 0 Å². The van der Waals surface area contributed by atoms with Gasteiger partial charge in [-0.2, -0.15) is 0 Å². The summed E-state index contributed by atoms with van der Waals surface area (Å²) in [4.78, 5) is 12.9. The summed E-state index contributed by atoms with van der Waals surface area (Å²) in [6.45, 7) is 3.58. The lowest BCUT2D eigenvalue weighted by atomic mass is 10.1. The molecule has 1 aliphatic heterocycles. The molecule has 1 heterocycles. The SMILES string of the molecule is CCCCC1CN(C)C(=O)CN1.Cl.Cl. The standard InChI is InChI=1S/C9H18N2O.2ClH/c1-3-4-5-8-7-11(2)9(12)6-10-8;;/h8,10H,3-7H2,1-2H3;2*1H. The quantitative estimate of drug-likeness (QED) is 0.813. The Bertz CT molecular complexity index is 167. The minimum atomic E-state index is 0. The predicted molar refractivity (Wildman–Crippen MR) is 63.4 cm³/mol. The van der Waals surface area contributed by atoms with Crippen LogP contribution in [0.5, 0.6) is 0 Å². The molecular formula is C9H20Cl2N2O. The third-order valence-corrected chi connectivity index (χ3v) is 2.37. The average molecular weight is 243 g/mol. The lowest BCUT2D eigenvalue weighted by Gasteiger charge is -2.30. The van der Waals surface area contributed by atoms with E-state index < -0.39 is 0 Å². The summed E-state index contributed by atoms with van der Waals surface area (Å²) < 4.78 is 0. The van der Waals surface area contributed by atoms with Crippen LogP contribution >= 0.6 is 24.8 Å². The van der Waals surface area contributed by atoms with E-state index in [0.29, 0.717) is 12.6 Å². The molecule has 1 atom stereocenters. The zero-order valence-corrected chi connectivity index (χ0v) is 10.4. The van der Waals surface area contributed by atoms with E-state index in [1.54, 1.807) is 0 Å². The second-order valence-electron chi connectivity index (χ2n) is 3.49. The predicted octanol–water partition coefficient (Wildman–Crippen LogP) is 1.45. The van der Waals surface area contributed by atoms with Gasteiger partial charge in [-0.15, -0.1) is 24.8 Å². The third-order valence-electron chi connectivity index (χ3n) is 2.37. The largest absolute Gasteiger partial charge is 0.343 e. The Hall–Kier alpha value is 0.01000. The van der Waals surface area contributed by atoms with Crippen LogP contribution in [0.4, 0.5) is 0 Å². The van der Waals surface area contributed by atoms with Crippen LogP contribution in [0.1, 0.15) is 26.2 Å². The van der Waals surface area contributed by atoms with Crippen LogP contribution in [-0.4, -0.2) is 37.0 Å². The van der Waals surface area contributed by atoms with Gasteiger partial charge in [-0.1, -0.05) is 19.8 Å². The summed E-state index contributed by atoms with van der Waals surface area (Å²) >= 11 is 0. The molecule has 1 rings (SSSR count). The third kappa shape index (κ3) is 5.03. The summed E-state index contributed by atoms with van der Waals surface area (Å²) in [5.74, 6) is 0.211. The molecule has 14 heavy (non-hydrogen) atoms. The number of hydrogen-bond donors (Lipinski definition) is 1. The highest BCUT2D eigenvalue weighted by Crippen LogP contribution is 2.05. The van der Waals surface area contributed by atoms with Gasteiger partial charge in [-0.25, -0.2) is 0 Å². The van der Waals surface area contributed by atoms with Crippen LogP contribution in [0, 0.1) is 0 Å². The Morgan fingerprint density at radius 1 is 1.50 bits per heavy atom. The summed E-state index contributed by atoms with van der Waals surface area (Å²) in [5.41, 5.74) is 0. The highest BCUT2D eigenvalue weighted by molar-refractivity contribution is 5.85. The van der Waals surface area contributed by atoms with Gasteiger partial charge in [0.05, 0.1) is 6.54 Å². The van der Waals surface area contributed by atoms with E-state index in [1.165, 1.54) is 19.3 Å². The fraction of sp³-hybridized carbons (Fsp3) is 0.889. The molecule has 0 aromatic heterocycles. The Morgan fingerprint density at radius 3 is 2.64 bits per heavy atom. The van der Waals surface area contributed by atoms with Gasteiger partial charge in [0, 0.05) is 19.6 Å². The second kappa shape index (κ2) is 8.33. The monoisotopic (exact) mass is 242 g/mol. The van der Waals surface area contributed by atoms with Crippen molar-refractivity contribution in [2.24, 2.45) is 0 Å². The van der Waals surface area contributed by atoms with Crippen LogP contribution in [0.2, 0.25) is 0 Å². The first-order valence-corrected chi connectivity index (χ1v) is 4.71. The van der Waals surface area contributed by atoms with Crippen LogP contribution < -0.4 is 5.32 Å². The van der Waals surface area contributed by atoms with Gasteiger partial charge in [-0.3, -0.25) is 4.79 Å². The molecule has 0 saturated carbocycles. The van der Waals surface area contributed by atoms with Gasteiger partial charge in [0.15, 0.2) is 0 Å². The number of nitrogens with one attached hydrogen (secondary N) is 1. The number of unbranched alkanes of at least 4 members (excludes halogenated alkanes) is 1. The lowest BCUT2D eigenvalue weighted by molar-refractivity contribution is -0.131. The number of amides is 1. The number of piperazine rings is 1. The average Bonchev–Trinajstić information content (AvgIpc) is 2.07. The molecule has 0 aromatic rings. The Kier molecular flexibility index (Phi) is 9.78. The molecule has 5 heteroatoms. The lowest BCUT2D eigenvalue weighted by Crippen LogP contribution is -2.52. The Balaban J connectivity index is 0. The molecule has 3 nitrogen and oxygen atoms in total. The van der Waals surface area contributed by atoms with Crippen molar-refractivity contribution in [1.29, 1.82) is 0 Å². The van der Waals surface area contributed by atoms with E-state index in [4.69, 9.17) is 0 Å². The summed E-state index contributed by atoms with van der Waals surface area (Å²) in [6.07, 6.45) is 3.67. The second-order valence-corrected chi connectivity index (χ2v) is 3.49. The van der Waals surface area contributed by atoms with E-state index in [9.17, 15) is 4.79 Å². The molecule has 1 aliphatic rings. The smallest absolute Gasteiger partial charge is 0.236 e. The molecule has 0 spiro atoms. The van der Waals surface area contributed by atoms with Crippen molar-refractivity contribution in [3.05, 3.63) is 0 Å². The first kappa shape index (κ1) is 16.4. The van der Waals surface area contributed by atoms with Crippen molar-refractivity contribution in [1.82, 2.24) is 10.2 Å². The summed E-state index contributed by atoms with van der Waals surface area (Å²) in [7, 11) is 1.88. The molecule has 1 unspecified atom stereocenters. The first-order valence-electron chi connectivity index (χ1n) is 4.71. The maximum Gasteiger partial charge on any atom is 0.236 e. The number of hydrogen-bond acceptors (Lipinski definition) is 2. The molecule has 1 saturated heterocycles. The van der Waals surface area contributed by atoms with Crippen LogP contribution in [-0.2, 0) is 4.79 Å². The molecule has 0 aromatic carbocycles. The maximum absolute atomic E-state index is 11.1. The fourth-order valence-corrected chi connectivity index (χ4v) is 1.51. The van der Waals surface area contributed by atoms with E-state index in [2.05, 4.69) is 12.2 Å². The molecule has 86 valence electrons. The maximum atomic E-state index is 11.1. The number of likely N-dealkylation sites (N-methyl/N-ethyl adjacent to an activating group) is 1. The zero-order valence-electron chi connectivity index (χ0n) is 8.78. The highest BCUT2D eigenvalue weighted by Gasteiger charge is 2.20. The van der Waals surface area contributed by atoms with E-state index in [1.807, 2.05) is 11.9 Å². The molecule has 1 N–H and O–H groups in total. The summed E-state index contributed by atoms with van der Waals surface area (Å²) in [5, 5.41) is 3.24. The van der Waals surface area contributed by atoms with Crippen molar-refractivity contribution >= 4 is 30.7 Å². The molecule has 0 aliphatic carbocycles. The van der Waals surface area contributed by atoms with Gasteiger partial charge < -0.3 is 10.2 Å². The van der Waals surface area contributed by atoms with Gasteiger partial charge >= 0.3 is 0 Å². The topological polar surface area (TPSA) is 32.3 Å². The van der Waals surface area contributed by atoms with Crippen LogP contribution in [0.3, 0.4) is 0 Å². The molecule has 0 radical (unpaired) electrons. The highest BCUT2D eigenvalue weighted by atomic mass is 35.5. The van der Waals surface area contributed by atoms with Crippen LogP contribution in [0.25, 0.3) is 0 Å². The molecule has 1 amide bonds. The zero-order chi connectivity index (χ0) is 8.97. The van der Waals surface area contributed by atoms with Gasteiger partial charge in [0.25, 0.3) is 0 Å². The number of carbonyl (C=O) groups excluding carboxylic acids is 1. The molecular weight excluding hydrogens is 223 g/mol. The van der Waals surface area contributed by atoms with Crippen molar-refractivity contribution in [3.63, 3.8) is 0 Å². The number of rotatable bonds is 3.